The molecule has 2 aromatic carbocycles. The molecule has 262 valence electrons. The third kappa shape index (κ3) is 9.16. The molecule has 3 heterocycles. The van der Waals surface area contributed by atoms with Crippen LogP contribution in [0.2, 0.25) is 0 Å². The SMILES string of the molecule is CC(=O)CC1CCN(Cc2ccccc2-c2cc3c(c(S(=O)(=O)Nc4ccsc4C(=O)NC(CCCN=C(N)N)C(=O)O)c2)OCC3)CC1. The van der Waals surface area contributed by atoms with Crippen molar-refractivity contribution >= 4 is 50.7 Å². The number of rotatable bonds is 15. The number of carboxylic acids is 1. The van der Waals surface area contributed by atoms with Crippen LogP contribution in [0.1, 0.15) is 59.8 Å². The van der Waals surface area contributed by atoms with Gasteiger partial charge in [-0.05, 0) is 97.4 Å². The van der Waals surface area contributed by atoms with Crippen molar-refractivity contribution in [2.24, 2.45) is 22.4 Å². The number of carboxylic acid groups (broad SMARTS) is 1. The average molecular weight is 711 g/mol. The summed E-state index contributed by atoms with van der Waals surface area (Å²) in [6.07, 6.45) is 3.47. The number of nitrogens with two attached hydrogens (primary N) is 2. The van der Waals surface area contributed by atoms with Gasteiger partial charge < -0.3 is 31.4 Å². The number of sulfonamides is 1. The number of thiophene rings is 1. The smallest absolute Gasteiger partial charge is 0.326 e. The number of carbonyl (C=O) groups is 3. The molecule has 0 radical (unpaired) electrons. The van der Waals surface area contributed by atoms with Crippen LogP contribution in [-0.4, -0.2) is 74.3 Å². The lowest BCUT2D eigenvalue weighted by molar-refractivity contribution is -0.139. The van der Waals surface area contributed by atoms with E-state index in [9.17, 15) is 27.9 Å². The second-order valence-corrected chi connectivity index (χ2v) is 15.0. The van der Waals surface area contributed by atoms with Gasteiger partial charge in [-0.2, -0.15) is 0 Å². The number of Topliss-reactive ketones (excluding diaryl/α,β-unsaturated/α-hetero) is 1. The van der Waals surface area contributed by atoms with Gasteiger partial charge in [0.15, 0.2) is 5.96 Å². The maximum Gasteiger partial charge on any atom is 0.326 e. The molecule has 5 rings (SSSR count). The summed E-state index contributed by atoms with van der Waals surface area (Å²) in [6, 6.07) is 11.7. The molecule has 15 heteroatoms. The van der Waals surface area contributed by atoms with Crippen molar-refractivity contribution in [3.8, 4) is 16.9 Å². The normalized spacial score (nSPS) is 15.5. The molecule has 0 aliphatic carbocycles. The van der Waals surface area contributed by atoms with E-state index in [2.05, 4.69) is 26.0 Å². The van der Waals surface area contributed by atoms with Crippen molar-refractivity contribution in [2.75, 3.05) is 31.0 Å². The predicted octanol–water partition coefficient (Wildman–Crippen LogP) is 3.58. The van der Waals surface area contributed by atoms with Crippen molar-refractivity contribution in [1.29, 1.82) is 0 Å². The lowest BCUT2D eigenvalue weighted by atomic mass is 9.91. The third-order valence-electron chi connectivity index (χ3n) is 8.71. The second kappa shape index (κ2) is 15.8. The number of likely N-dealkylation sites (tertiary alicyclic amines) is 1. The highest BCUT2D eigenvalue weighted by Gasteiger charge is 2.30. The average Bonchev–Trinajstić information content (AvgIpc) is 3.72. The van der Waals surface area contributed by atoms with Crippen molar-refractivity contribution < 1.29 is 32.6 Å². The van der Waals surface area contributed by atoms with Gasteiger partial charge in [0.2, 0.25) is 0 Å². The van der Waals surface area contributed by atoms with E-state index in [1.807, 2.05) is 24.3 Å². The van der Waals surface area contributed by atoms with E-state index in [1.54, 1.807) is 18.4 Å². The molecule has 2 aliphatic heterocycles. The number of ether oxygens (including phenoxy) is 1. The Morgan fingerprint density at radius 1 is 1.14 bits per heavy atom. The first-order chi connectivity index (χ1) is 23.4. The van der Waals surface area contributed by atoms with Gasteiger partial charge in [0.25, 0.3) is 15.9 Å². The number of anilines is 1. The van der Waals surface area contributed by atoms with E-state index in [1.165, 1.54) is 6.07 Å². The Morgan fingerprint density at radius 2 is 1.90 bits per heavy atom. The van der Waals surface area contributed by atoms with Gasteiger partial charge in [-0.3, -0.25) is 19.4 Å². The standard InChI is InChI=1S/C34H42N6O7S2/c1-21(41)17-22-8-13-40(14-9-22)20-24-5-2-3-6-26(24)25-18-23-10-15-47-30(23)29(19-25)49(45,46)39-27-11-16-48-31(27)32(42)38-28(33(43)44)7-4-12-37-34(35)36/h2-3,5-6,11,16,18-19,22,28,39H,4,7-10,12-15,17,20H2,1H3,(H,38,42)(H,43,44)(H4,35,36,37). The van der Waals surface area contributed by atoms with Gasteiger partial charge in [-0.15, -0.1) is 11.3 Å². The summed E-state index contributed by atoms with van der Waals surface area (Å²) < 4.78 is 36.4. The summed E-state index contributed by atoms with van der Waals surface area (Å²) in [5.41, 5.74) is 14.1. The van der Waals surface area contributed by atoms with Crippen LogP contribution in [0.5, 0.6) is 5.75 Å². The van der Waals surface area contributed by atoms with E-state index in [0.29, 0.717) is 38.3 Å². The number of piperidine rings is 1. The Morgan fingerprint density at radius 3 is 2.61 bits per heavy atom. The number of nitrogens with one attached hydrogen (secondary N) is 2. The van der Waals surface area contributed by atoms with Crippen molar-refractivity contribution in [2.45, 2.75) is 62.9 Å². The minimum absolute atomic E-state index is 0.0187. The molecule has 1 fully saturated rings. The number of ketones is 1. The van der Waals surface area contributed by atoms with Crippen molar-refractivity contribution in [3.05, 3.63) is 63.8 Å². The lowest BCUT2D eigenvalue weighted by Gasteiger charge is -2.32. The Balaban J connectivity index is 1.36. The maximum atomic E-state index is 14.0. The number of nitrogens with zero attached hydrogens (tertiary/aromatic N) is 2. The molecule has 0 saturated carbocycles. The molecular formula is C34H42N6O7S2. The van der Waals surface area contributed by atoms with Crippen LogP contribution in [0, 0.1) is 5.92 Å². The maximum absolute atomic E-state index is 14.0. The van der Waals surface area contributed by atoms with E-state index >= 15 is 0 Å². The summed E-state index contributed by atoms with van der Waals surface area (Å²) >= 11 is 0.987. The van der Waals surface area contributed by atoms with Gasteiger partial charge in [-0.1, -0.05) is 24.3 Å². The molecule has 1 unspecified atom stereocenters. The Labute approximate surface area is 289 Å². The molecule has 13 nitrogen and oxygen atoms in total. The van der Waals surface area contributed by atoms with Crippen LogP contribution in [0.25, 0.3) is 11.1 Å². The molecule has 7 N–H and O–H groups in total. The molecule has 0 bridgehead atoms. The number of fused-ring (bicyclic) bond motifs is 1. The van der Waals surface area contributed by atoms with Gasteiger partial charge in [0.05, 0.1) is 12.3 Å². The number of aliphatic imine (C=N–C) groups is 1. The Kier molecular flexibility index (Phi) is 11.6. The predicted molar refractivity (Wildman–Crippen MR) is 188 cm³/mol. The van der Waals surface area contributed by atoms with Crippen molar-refractivity contribution in [1.82, 2.24) is 10.2 Å². The highest BCUT2D eigenvalue weighted by molar-refractivity contribution is 7.92. The largest absolute Gasteiger partial charge is 0.492 e. The van der Waals surface area contributed by atoms with Crippen LogP contribution in [-0.2, 0) is 32.6 Å². The Bertz CT molecular complexity index is 1830. The van der Waals surface area contributed by atoms with Crippen LogP contribution in [0.4, 0.5) is 5.69 Å². The van der Waals surface area contributed by atoms with Crippen LogP contribution >= 0.6 is 11.3 Å². The quantitative estimate of drug-likeness (QED) is 0.0880. The number of carbonyl (C=O) groups excluding carboxylic acids is 2. The third-order valence-corrected chi connectivity index (χ3v) is 11.0. The summed E-state index contributed by atoms with van der Waals surface area (Å²) in [7, 11) is -4.26. The fraction of sp³-hybridized carbons (Fsp3) is 0.412. The van der Waals surface area contributed by atoms with E-state index in [-0.39, 0.29) is 45.9 Å². The molecule has 2 aliphatic rings. The zero-order valence-electron chi connectivity index (χ0n) is 27.3. The zero-order valence-corrected chi connectivity index (χ0v) is 28.9. The van der Waals surface area contributed by atoms with Crippen LogP contribution < -0.4 is 26.2 Å². The van der Waals surface area contributed by atoms with Crippen LogP contribution in [0.3, 0.4) is 0 Å². The zero-order chi connectivity index (χ0) is 35.1. The number of hydrogen-bond donors (Lipinski definition) is 5. The number of benzene rings is 2. The van der Waals surface area contributed by atoms with E-state index in [0.717, 1.165) is 59.5 Å². The fourth-order valence-corrected chi connectivity index (χ4v) is 8.42. The lowest BCUT2D eigenvalue weighted by Crippen LogP contribution is -2.40. The molecule has 49 heavy (non-hydrogen) atoms. The van der Waals surface area contributed by atoms with E-state index < -0.39 is 27.9 Å². The topological polar surface area (TPSA) is 207 Å². The number of hydrogen-bond acceptors (Lipinski definition) is 9. The minimum atomic E-state index is -4.26. The molecular weight excluding hydrogens is 669 g/mol. The fourth-order valence-electron chi connectivity index (χ4n) is 6.31. The first kappa shape index (κ1) is 35.8. The van der Waals surface area contributed by atoms with Gasteiger partial charge in [-0.25, -0.2) is 13.2 Å². The second-order valence-electron chi connectivity index (χ2n) is 12.4. The molecule has 1 amide bonds. The highest BCUT2D eigenvalue weighted by atomic mass is 32.2. The number of amides is 1. The summed E-state index contributed by atoms with van der Waals surface area (Å²) in [4.78, 5) is 42.8. The first-order valence-corrected chi connectivity index (χ1v) is 18.6. The van der Waals surface area contributed by atoms with Crippen molar-refractivity contribution in [3.63, 3.8) is 0 Å². The molecule has 0 spiro atoms. The highest BCUT2D eigenvalue weighted by Crippen LogP contribution is 2.40. The minimum Gasteiger partial charge on any atom is -0.492 e. The number of aliphatic carboxylic acids is 1. The summed E-state index contributed by atoms with van der Waals surface area (Å²) in [5.74, 6) is -1.17. The Hall–Kier alpha value is -4.47. The summed E-state index contributed by atoms with van der Waals surface area (Å²) in [5, 5.41) is 13.7. The number of guanidine groups is 1. The van der Waals surface area contributed by atoms with Gasteiger partial charge in [0.1, 0.15) is 27.3 Å². The van der Waals surface area contributed by atoms with Gasteiger partial charge in [0, 0.05) is 25.9 Å². The molecule has 1 aromatic heterocycles. The molecule has 3 aromatic rings. The molecule has 1 atom stereocenters. The van der Waals surface area contributed by atoms with Gasteiger partial charge >= 0.3 is 5.97 Å². The molecule has 1 saturated heterocycles. The summed E-state index contributed by atoms with van der Waals surface area (Å²) in [6.45, 7) is 4.64. The van der Waals surface area contributed by atoms with E-state index in [4.69, 9.17) is 16.2 Å². The van der Waals surface area contributed by atoms with Crippen LogP contribution in [0.15, 0.2) is 57.7 Å². The monoisotopic (exact) mass is 710 g/mol. The first-order valence-electron chi connectivity index (χ1n) is 16.2.